The number of methoxy groups -OCH3 is 1. The maximum absolute atomic E-state index is 5.72. The highest BCUT2D eigenvalue weighted by Gasteiger charge is 2.16. The molecule has 4 heteroatoms. The fraction of sp³-hybridized carbons (Fsp3) is 0.353. The fourth-order valence-corrected chi connectivity index (χ4v) is 2.37. The lowest BCUT2D eigenvalue weighted by Gasteiger charge is -2.18. The molecule has 2 aromatic rings. The van der Waals surface area contributed by atoms with Gasteiger partial charge >= 0.3 is 0 Å². The Hall–Kier alpha value is -1.91. The molecule has 0 aliphatic heterocycles. The molecule has 1 aromatic carbocycles. The van der Waals surface area contributed by atoms with Crippen molar-refractivity contribution in [3.63, 3.8) is 0 Å². The fourth-order valence-electron chi connectivity index (χ4n) is 2.37. The van der Waals surface area contributed by atoms with Gasteiger partial charge in [0.1, 0.15) is 0 Å². The summed E-state index contributed by atoms with van der Waals surface area (Å²) in [5.41, 5.74) is 6.40. The van der Waals surface area contributed by atoms with E-state index in [4.69, 9.17) is 10.6 Å². The van der Waals surface area contributed by atoms with Crippen LogP contribution in [0.4, 0.5) is 0 Å². The van der Waals surface area contributed by atoms with Crippen molar-refractivity contribution < 1.29 is 4.74 Å². The van der Waals surface area contributed by atoms with E-state index in [9.17, 15) is 0 Å². The van der Waals surface area contributed by atoms with Crippen LogP contribution in [0.25, 0.3) is 0 Å². The molecule has 1 atom stereocenters. The Bertz CT molecular complexity index is 567. The van der Waals surface area contributed by atoms with Crippen LogP contribution in [-0.2, 0) is 6.42 Å². The van der Waals surface area contributed by atoms with Gasteiger partial charge in [0.25, 0.3) is 0 Å². The molecule has 21 heavy (non-hydrogen) atoms. The summed E-state index contributed by atoms with van der Waals surface area (Å²) in [5.74, 6) is 6.87. The van der Waals surface area contributed by atoms with Gasteiger partial charge in [0, 0.05) is 11.8 Å². The van der Waals surface area contributed by atoms with E-state index < -0.39 is 0 Å². The molecule has 0 aliphatic rings. The SMILES string of the molecule is COc1ncccc1C(Cc1ccc(C(C)C)cc1)NN. The molecular weight excluding hydrogens is 262 g/mol. The van der Waals surface area contributed by atoms with Crippen molar-refractivity contribution in [3.05, 3.63) is 59.3 Å². The van der Waals surface area contributed by atoms with Crippen LogP contribution in [0.1, 0.15) is 42.5 Å². The first-order valence-electron chi connectivity index (χ1n) is 7.19. The van der Waals surface area contributed by atoms with Gasteiger partial charge in [-0.15, -0.1) is 0 Å². The van der Waals surface area contributed by atoms with E-state index in [1.54, 1.807) is 13.3 Å². The van der Waals surface area contributed by atoms with E-state index in [0.717, 1.165) is 12.0 Å². The molecule has 0 bridgehead atoms. The molecule has 0 amide bonds. The Morgan fingerprint density at radius 3 is 2.48 bits per heavy atom. The summed E-state index contributed by atoms with van der Waals surface area (Å²) in [4.78, 5) is 4.23. The molecule has 3 N–H and O–H groups in total. The van der Waals surface area contributed by atoms with Gasteiger partial charge in [-0.05, 0) is 29.5 Å². The van der Waals surface area contributed by atoms with E-state index in [0.29, 0.717) is 11.8 Å². The smallest absolute Gasteiger partial charge is 0.217 e. The summed E-state index contributed by atoms with van der Waals surface area (Å²) in [6.45, 7) is 4.39. The van der Waals surface area contributed by atoms with E-state index in [2.05, 4.69) is 48.5 Å². The number of pyridine rings is 1. The summed E-state index contributed by atoms with van der Waals surface area (Å²) < 4.78 is 5.31. The van der Waals surface area contributed by atoms with Crippen molar-refractivity contribution in [3.8, 4) is 5.88 Å². The first kappa shape index (κ1) is 15.5. The number of aromatic nitrogens is 1. The number of hydrazine groups is 1. The highest BCUT2D eigenvalue weighted by molar-refractivity contribution is 5.32. The third-order valence-corrected chi connectivity index (χ3v) is 3.66. The average molecular weight is 285 g/mol. The highest BCUT2D eigenvalue weighted by Crippen LogP contribution is 2.25. The van der Waals surface area contributed by atoms with Crippen LogP contribution in [-0.4, -0.2) is 12.1 Å². The summed E-state index contributed by atoms with van der Waals surface area (Å²) in [6, 6.07) is 12.5. The van der Waals surface area contributed by atoms with Crippen molar-refractivity contribution in [2.24, 2.45) is 5.84 Å². The Balaban J connectivity index is 2.19. The number of nitrogens with one attached hydrogen (secondary N) is 1. The van der Waals surface area contributed by atoms with E-state index in [1.165, 1.54) is 11.1 Å². The minimum absolute atomic E-state index is 0.0291. The summed E-state index contributed by atoms with van der Waals surface area (Å²) >= 11 is 0. The second-order valence-electron chi connectivity index (χ2n) is 5.42. The predicted molar refractivity (Wildman–Crippen MR) is 85.1 cm³/mol. The van der Waals surface area contributed by atoms with E-state index in [1.807, 2.05) is 12.1 Å². The van der Waals surface area contributed by atoms with E-state index in [-0.39, 0.29) is 6.04 Å². The molecule has 112 valence electrons. The first-order chi connectivity index (χ1) is 10.2. The van der Waals surface area contributed by atoms with Gasteiger partial charge in [0.15, 0.2) is 0 Å². The number of hydrogen-bond donors (Lipinski definition) is 2. The number of nitrogens with zero attached hydrogens (tertiary/aromatic N) is 1. The zero-order valence-electron chi connectivity index (χ0n) is 12.8. The predicted octanol–water partition coefficient (Wildman–Crippen LogP) is 2.96. The van der Waals surface area contributed by atoms with Gasteiger partial charge in [-0.1, -0.05) is 44.2 Å². The number of benzene rings is 1. The maximum atomic E-state index is 5.72. The van der Waals surface area contributed by atoms with Crippen LogP contribution in [0.5, 0.6) is 5.88 Å². The molecule has 0 fully saturated rings. The first-order valence-corrected chi connectivity index (χ1v) is 7.19. The van der Waals surface area contributed by atoms with Crippen LogP contribution in [0, 0.1) is 0 Å². The van der Waals surface area contributed by atoms with Gasteiger partial charge in [-0.3, -0.25) is 11.3 Å². The van der Waals surface area contributed by atoms with Crippen molar-refractivity contribution >= 4 is 0 Å². The molecule has 0 aliphatic carbocycles. The molecule has 1 heterocycles. The van der Waals surface area contributed by atoms with Crippen molar-refractivity contribution in [1.29, 1.82) is 0 Å². The largest absolute Gasteiger partial charge is 0.481 e. The highest BCUT2D eigenvalue weighted by atomic mass is 16.5. The zero-order chi connectivity index (χ0) is 15.2. The van der Waals surface area contributed by atoms with Gasteiger partial charge in [0.05, 0.1) is 13.2 Å². The standard InChI is InChI=1S/C17H23N3O/c1-12(2)14-8-6-13(7-9-14)11-16(20-18)15-5-4-10-19-17(15)21-3/h4-10,12,16,20H,11,18H2,1-3H3. The molecule has 0 saturated heterocycles. The molecule has 0 radical (unpaired) electrons. The normalized spacial score (nSPS) is 12.4. The minimum atomic E-state index is -0.0291. The number of hydrogen-bond acceptors (Lipinski definition) is 4. The van der Waals surface area contributed by atoms with Gasteiger partial charge < -0.3 is 4.74 Å². The van der Waals surface area contributed by atoms with Crippen LogP contribution in [0.3, 0.4) is 0 Å². The van der Waals surface area contributed by atoms with Crippen LogP contribution in [0.15, 0.2) is 42.6 Å². The third-order valence-electron chi connectivity index (χ3n) is 3.66. The maximum Gasteiger partial charge on any atom is 0.217 e. The summed E-state index contributed by atoms with van der Waals surface area (Å²) in [7, 11) is 1.62. The van der Waals surface area contributed by atoms with Crippen LogP contribution < -0.4 is 16.0 Å². The summed E-state index contributed by atoms with van der Waals surface area (Å²) in [6.07, 6.45) is 2.50. The second-order valence-corrected chi connectivity index (χ2v) is 5.42. The van der Waals surface area contributed by atoms with Crippen LogP contribution in [0.2, 0.25) is 0 Å². The average Bonchev–Trinajstić information content (AvgIpc) is 2.53. The second kappa shape index (κ2) is 7.20. The number of nitrogens with two attached hydrogens (primary N) is 1. The Kier molecular flexibility index (Phi) is 5.31. The topological polar surface area (TPSA) is 60.2 Å². The van der Waals surface area contributed by atoms with Crippen molar-refractivity contribution in [1.82, 2.24) is 10.4 Å². The molecule has 2 rings (SSSR count). The molecule has 0 spiro atoms. The summed E-state index contributed by atoms with van der Waals surface area (Å²) in [5, 5.41) is 0. The molecule has 4 nitrogen and oxygen atoms in total. The quantitative estimate of drug-likeness (QED) is 0.633. The molecule has 1 aromatic heterocycles. The lowest BCUT2D eigenvalue weighted by Crippen LogP contribution is -2.30. The van der Waals surface area contributed by atoms with Gasteiger partial charge in [-0.25, -0.2) is 4.98 Å². The number of rotatable bonds is 6. The lowest BCUT2D eigenvalue weighted by atomic mass is 9.97. The number of ether oxygens (including phenoxy) is 1. The van der Waals surface area contributed by atoms with Gasteiger partial charge in [0.2, 0.25) is 5.88 Å². The molecular formula is C17H23N3O. The Morgan fingerprint density at radius 2 is 1.90 bits per heavy atom. The molecule has 1 unspecified atom stereocenters. The zero-order valence-corrected chi connectivity index (χ0v) is 12.8. The monoisotopic (exact) mass is 285 g/mol. The van der Waals surface area contributed by atoms with Crippen molar-refractivity contribution in [2.75, 3.05) is 7.11 Å². The third kappa shape index (κ3) is 3.80. The Morgan fingerprint density at radius 1 is 1.19 bits per heavy atom. The lowest BCUT2D eigenvalue weighted by molar-refractivity contribution is 0.382. The van der Waals surface area contributed by atoms with Crippen LogP contribution >= 0.6 is 0 Å². The minimum Gasteiger partial charge on any atom is -0.481 e. The van der Waals surface area contributed by atoms with E-state index >= 15 is 0 Å². The molecule has 0 saturated carbocycles. The van der Waals surface area contributed by atoms with Crippen molar-refractivity contribution in [2.45, 2.75) is 32.2 Å². The Labute approximate surface area is 126 Å². The van der Waals surface area contributed by atoms with Gasteiger partial charge in [-0.2, -0.15) is 0 Å².